The fourth-order valence-electron chi connectivity index (χ4n) is 3.11. The van der Waals surface area contributed by atoms with Gasteiger partial charge in [0, 0.05) is 6.54 Å². The number of carbonyl (C=O) groups is 1. The summed E-state index contributed by atoms with van der Waals surface area (Å²) in [6.45, 7) is 3.27. The molecule has 2 aromatic carbocycles. The fraction of sp³-hybridized carbons (Fsp3) is 0.381. The highest BCUT2D eigenvalue weighted by Crippen LogP contribution is 2.29. The molecule has 150 valence electrons. The molecule has 0 unspecified atom stereocenters. The SMILES string of the molecule is CCOc1cc(CNC(=O)N[C@H]2COc3ccc(OC)cc3C2)ccc1OC. The predicted octanol–water partition coefficient (Wildman–Crippen LogP) is 2.91. The molecule has 0 aliphatic carbocycles. The minimum absolute atomic E-state index is 0.102. The van der Waals surface area contributed by atoms with Crippen LogP contribution in [-0.4, -0.2) is 39.5 Å². The van der Waals surface area contributed by atoms with Crippen LogP contribution in [-0.2, 0) is 13.0 Å². The zero-order valence-corrected chi connectivity index (χ0v) is 16.4. The van der Waals surface area contributed by atoms with Crippen molar-refractivity contribution in [3.63, 3.8) is 0 Å². The second-order valence-electron chi connectivity index (χ2n) is 6.43. The van der Waals surface area contributed by atoms with Gasteiger partial charge in [0.05, 0.1) is 26.9 Å². The highest BCUT2D eigenvalue weighted by atomic mass is 16.5. The molecule has 7 nitrogen and oxygen atoms in total. The Morgan fingerprint density at radius 2 is 2.00 bits per heavy atom. The van der Waals surface area contributed by atoms with Crippen LogP contribution >= 0.6 is 0 Å². The van der Waals surface area contributed by atoms with Crippen molar-refractivity contribution in [1.29, 1.82) is 0 Å². The lowest BCUT2D eigenvalue weighted by atomic mass is 10.0. The van der Waals surface area contributed by atoms with Crippen molar-refractivity contribution in [3.8, 4) is 23.0 Å². The van der Waals surface area contributed by atoms with Crippen LogP contribution in [0, 0.1) is 0 Å². The second kappa shape index (κ2) is 9.21. The number of fused-ring (bicyclic) bond motifs is 1. The minimum atomic E-state index is -0.242. The maximum Gasteiger partial charge on any atom is 0.315 e. The molecule has 0 aromatic heterocycles. The van der Waals surface area contributed by atoms with Crippen LogP contribution in [0.15, 0.2) is 36.4 Å². The van der Waals surface area contributed by atoms with E-state index in [2.05, 4.69) is 10.6 Å². The summed E-state index contributed by atoms with van der Waals surface area (Å²) in [5.41, 5.74) is 1.95. The third kappa shape index (κ3) is 4.79. The molecule has 28 heavy (non-hydrogen) atoms. The second-order valence-corrected chi connectivity index (χ2v) is 6.43. The zero-order chi connectivity index (χ0) is 19.9. The molecule has 7 heteroatoms. The van der Waals surface area contributed by atoms with Crippen LogP contribution in [0.2, 0.25) is 0 Å². The summed E-state index contributed by atoms with van der Waals surface area (Å²) in [6, 6.07) is 11.0. The van der Waals surface area contributed by atoms with E-state index in [1.54, 1.807) is 14.2 Å². The van der Waals surface area contributed by atoms with Gasteiger partial charge in [0.15, 0.2) is 11.5 Å². The summed E-state index contributed by atoms with van der Waals surface area (Å²) in [7, 11) is 3.23. The lowest BCUT2D eigenvalue weighted by molar-refractivity contribution is 0.214. The number of ether oxygens (including phenoxy) is 4. The fourth-order valence-corrected chi connectivity index (χ4v) is 3.11. The molecule has 2 aromatic rings. The highest BCUT2D eigenvalue weighted by molar-refractivity contribution is 5.74. The molecule has 0 spiro atoms. The number of rotatable bonds is 7. The number of benzene rings is 2. The molecule has 0 bridgehead atoms. The van der Waals surface area contributed by atoms with Crippen LogP contribution in [0.1, 0.15) is 18.1 Å². The van der Waals surface area contributed by atoms with Crippen molar-refractivity contribution in [2.24, 2.45) is 0 Å². The Bertz CT molecular complexity index is 824. The number of hydrogen-bond donors (Lipinski definition) is 2. The Kier molecular flexibility index (Phi) is 6.47. The van der Waals surface area contributed by atoms with E-state index in [1.165, 1.54) is 0 Å². The van der Waals surface area contributed by atoms with E-state index < -0.39 is 0 Å². The first-order chi connectivity index (χ1) is 13.6. The number of methoxy groups -OCH3 is 2. The van der Waals surface area contributed by atoms with Gasteiger partial charge < -0.3 is 29.6 Å². The van der Waals surface area contributed by atoms with Crippen LogP contribution in [0.4, 0.5) is 4.79 Å². The topological polar surface area (TPSA) is 78.1 Å². The molecule has 2 N–H and O–H groups in total. The van der Waals surface area contributed by atoms with Crippen molar-refractivity contribution < 1.29 is 23.7 Å². The van der Waals surface area contributed by atoms with E-state index in [4.69, 9.17) is 18.9 Å². The number of nitrogens with one attached hydrogen (secondary N) is 2. The van der Waals surface area contributed by atoms with Gasteiger partial charge in [0.1, 0.15) is 18.1 Å². The number of urea groups is 1. The third-order valence-electron chi connectivity index (χ3n) is 4.49. The maximum atomic E-state index is 12.3. The zero-order valence-electron chi connectivity index (χ0n) is 16.4. The molecule has 0 saturated carbocycles. The van der Waals surface area contributed by atoms with Crippen molar-refractivity contribution in [2.75, 3.05) is 27.4 Å². The van der Waals surface area contributed by atoms with E-state index in [9.17, 15) is 4.79 Å². The van der Waals surface area contributed by atoms with E-state index in [0.29, 0.717) is 37.7 Å². The number of hydrogen-bond acceptors (Lipinski definition) is 5. The summed E-state index contributed by atoms with van der Waals surface area (Å²) < 4.78 is 21.8. The van der Waals surface area contributed by atoms with Gasteiger partial charge in [-0.15, -0.1) is 0 Å². The van der Waals surface area contributed by atoms with E-state index in [1.807, 2.05) is 43.3 Å². The first-order valence-corrected chi connectivity index (χ1v) is 9.26. The molecule has 0 radical (unpaired) electrons. The van der Waals surface area contributed by atoms with Gasteiger partial charge in [0.2, 0.25) is 0 Å². The molecule has 0 saturated heterocycles. The predicted molar refractivity (Wildman–Crippen MR) is 106 cm³/mol. The lowest BCUT2D eigenvalue weighted by Gasteiger charge is -2.26. The molecule has 1 aliphatic rings. The van der Waals surface area contributed by atoms with E-state index >= 15 is 0 Å². The first kappa shape index (κ1) is 19.7. The molecule has 1 aliphatic heterocycles. The molecular formula is C21H26N2O5. The lowest BCUT2D eigenvalue weighted by Crippen LogP contribution is -2.47. The molecule has 1 heterocycles. The van der Waals surface area contributed by atoms with Crippen molar-refractivity contribution >= 4 is 6.03 Å². The first-order valence-electron chi connectivity index (χ1n) is 9.26. The number of amides is 2. The average molecular weight is 386 g/mol. The minimum Gasteiger partial charge on any atom is -0.497 e. The van der Waals surface area contributed by atoms with Crippen molar-refractivity contribution in [2.45, 2.75) is 25.9 Å². The van der Waals surface area contributed by atoms with Crippen molar-refractivity contribution in [1.82, 2.24) is 10.6 Å². The van der Waals surface area contributed by atoms with Gasteiger partial charge in [-0.3, -0.25) is 0 Å². The smallest absolute Gasteiger partial charge is 0.315 e. The summed E-state index contributed by atoms with van der Waals surface area (Å²) in [5.74, 6) is 2.94. The van der Waals surface area contributed by atoms with Crippen LogP contribution in [0.3, 0.4) is 0 Å². The highest BCUT2D eigenvalue weighted by Gasteiger charge is 2.22. The molecule has 3 rings (SSSR count). The van der Waals surface area contributed by atoms with Gasteiger partial charge >= 0.3 is 6.03 Å². The normalized spacial score (nSPS) is 15.0. The van der Waals surface area contributed by atoms with E-state index in [-0.39, 0.29) is 12.1 Å². The molecule has 1 atom stereocenters. The van der Waals surface area contributed by atoms with Crippen LogP contribution in [0.5, 0.6) is 23.0 Å². The largest absolute Gasteiger partial charge is 0.497 e. The molecule has 2 amide bonds. The van der Waals surface area contributed by atoms with Gasteiger partial charge in [0.25, 0.3) is 0 Å². The summed E-state index contributed by atoms with van der Waals surface area (Å²) in [5, 5.41) is 5.83. The summed E-state index contributed by atoms with van der Waals surface area (Å²) in [6.07, 6.45) is 0.691. The Hall–Kier alpha value is -3.09. The van der Waals surface area contributed by atoms with Gasteiger partial charge in [-0.2, -0.15) is 0 Å². The average Bonchev–Trinajstić information content (AvgIpc) is 2.72. The van der Waals surface area contributed by atoms with Gasteiger partial charge in [-0.1, -0.05) is 6.07 Å². The molecule has 0 fully saturated rings. The maximum absolute atomic E-state index is 12.3. The monoisotopic (exact) mass is 386 g/mol. The van der Waals surface area contributed by atoms with Crippen molar-refractivity contribution in [3.05, 3.63) is 47.5 Å². The Labute approximate surface area is 164 Å². The quantitative estimate of drug-likeness (QED) is 0.765. The van der Waals surface area contributed by atoms with Gasteiger partial charge in [-0.05, 0) is 54.8 Å². The van der Waals surface area contributed by atoms with Gasteiger partial charge in [-0.25, -0.2) is 4.79 Å². The third-order valence-corrected chi connectivity index (χ3v) is 4.49. The Balaban J connectivity index is 1.54. The number of carbonyl (C=O) groups excluding carboxylic acids is 1. The summed E-state index contributed by atoms with van der Waals surface area (Å²) >= 11 is 0. The molecular weight excluding hydrogens is 360 g/mol. The standard InChI is InChI=1S/C21H26N2O5/c1-4-27-20-9-14(5-7-19(20)26-3)12-22-21(24)23-16-10-15-11-17(25-2)6-8-18(15)28-13-16/h5-9,11,16H,4,10,12-13H2,1-3H3,(H2,22,23,24)/t16-/m1/s1. The van der Waals surface area contributed by atoms with E-state index in [0.717, 1.165) is 22.6 Å². The Morgan fingerprint density at radius 3 is 2.75 bits per heavy atom. The van der Waals surface area contributed by atoms with Crippen LogP contribution < -0.4 is 29.6 Å². The Morgan fingerprint density at radius 1 is 1.14 bits per heavy atom. The summed E-state index contributed by atoms with van der Waals surface area (Å²) in [4.78, 5) is 12.3. The van der Waals surface area contributed by atoms with Crippen LogP contribution in [0.25, 0.3) is 0 Å².